The molecule has 2 fully saturated rings. The van der Waals surface area contributed by atoms with Gasteiger partial charge < -0.3 is 57.3 Å². The van der Waals surface area contributed by atoms with Crippen LogP contribution < -0.4 is 32.3 Å². The van der Waals surface area contributed by atoms with Gasteiger partial charge in [-0.25, -0.2) is 4.79 Å². The first-order chi connectivity index (χ1) is 36.1. The molecule has 0 bridgehead atoms. The molecule has 0 aliphatic carbocycles. The van der Waals surface area contributed by atoms with Gasteiger partial charge in [0.25, 0.3) is 5.91 Å². The van der Waals surface area contributed by atoms with E-state index in [1.54, 1.807) is 6.20 Å². The molecule has 4 rings (SSSR count). The first kappa shape index (κ1) is 61.3. The molecule has 10 N–H and O–H groups in total. The van der Waals surface area contributed by atoms with Crippen LogP contribution >= 0.6 is 0 Å². The van der Waals surface area contributed by atoms with Gasteiger partial charge in [0.05, 0.1) is 12.5 Å². The number of benzene rings is 1. The molecular formula is C53H77N9O14. The number of fused-ring (bicyclic) bond motifs is 1. The molecule has 1 aromatic heterocycles. The molecule has 8 amide bonds. The highest BCUT2D eigenvalue weighted by atomic mass is 16.4. The number of amides is 8. The Balaban J connectivity index is 1.55. The minimum atomic E-state index is -1.60. The molecule has 23 heteroatoms. The number of aromatic amines is 1. The van der Waals surface area contributed by atoms with Crippen LogP contribution in [0.25, 0.3) is 10.9 Å². The van der Waals surface area contributed by atoms with E-state index in [1.807, 2.05) is 52.0 Å². The minimum Gasteiger partial charge on any atom is -0.481 e. The van der Waals surface area contributed by atoms with Crippen LogP contribution in [0.15, 0.2) is 30.5 Å². The molecular weight excluding hydrogens is 987 g/mol. The number of carbonyl (C=O) groups excluding carboxylic acids is 10. The van der Waals surface area contributed by atoms with Crippen LogP contribution in [0, 0.1) is 11.8 Å². The number of H-pyrrole nitrogens is 1. The molecule has 2 aliphatic rings. The maximum Gasteiger partial charge on any atom is 0.326 e. The van der Waals surface area contributed by atoms with Crippen LogP contribution in [0.2, 0.25) is 0 Å². The fourth-order valence-corrected chi connectivity index (χ4v) is 9.94. The first-order valence-electron chi connectivity index (χ1n) is 26.5. The van der Waals surface area contributed by atoms with Crippen LogP contribution in [0.5, 0.6) is 0 Å². The van der Waals surface area contributed by atoms with E-state index in [4.69, 9.17) is 5.73 Å². The van der Waals surface area contributed by atoms with Gasteiger partial charge in [-0.2, -0.15) is 0 Å². The summed E-state index contributed by atoms with van der Waals surface area (Å²) in [6.45, 7) is 8.98. The van der Waals surface area contributed by atoms with E-state index in [9.17, 15) is 67.7 Å². The fraction of sp³-hybridized carbons (Fsp3) is 0.623. The summed E-state index contributed by atoms with van der Waals surface area (Å²) in [5, 5.41) is 33.1. The van der Waals surface area contributed by atoms with Gasteiger partial charge in [0.1, 0.15) is 36.3 Å². The summed E-state index contributed by atoms with van der Waals surface area (Å²) in [6.07, 6.45) is 3.96. The Bertz CT molecular complexity index is 2420. The molecule has 2 saturated heterocycles. The number of unbranched alkanes of at least 4 members (excludes halogenated alkanes) is 2. The lowest BCUT2D eigenvalue weighted by atomic mass is 9.88. The third kappa shape index (κ3) is 18.0. The number of nitrogens with one attached hydrogen (secondary N) is 6. The summed E-state index contributed by atoms with van der Waals surface area (Å²) in [6, 6.07) is -1.26. The van der Waals surface area contributed by atoms with E-state index >= 15 is 0 Å². The second kappa shape index (κ2) is 29.8. The SMILES string of the molecule is CCCC[C@H](NC(=O)[C@H](CCCC)NC(=O)[C@H](CCCC(=O)C(N)=O)NC(=O)[C@H](CC(=O)O)NC(C)=O)C(=O)C[C@@H](CC(C)C)C(=O)N1CCC[C@H]1C(=O)N[C@@H](Cc1c[nH]c2ccccc12)C(=O)N1CCC[C@H]1C(=O)O. The molecule has 2 aromatic rings. The molecule has 0 radical (unpaired) electrons. The van der Waals surface area contributed by atoms with E-state index in [0.717, 1.165) is 23.4 Å². The maximum absolute atomic E-state index is 14.7. The minimum absolute atomic E-state index is 0.0447. The standard InChI is InChI=1S/C53H77N9O14/c1-6-8-16-36(57-47(69)37(17-9-7-2)58-48(70)38(19-12-22-43(64)46(54)68)59-49(71)39(28-45(66)67)56-31(5)63)44(65)27-32(25-30(3)4)51(73)61-23-13-20-41(61)50(72)60-40(52(74)62-24-14-21-42(62)53(75)76)26-33-29-55-35-18-11-10-15-34(33)35/h10-11,15,18,29-30,32,36-42,55H,6-9,12-14,16-17,19-28H2,1-5H3,(H2,54,68)(H,56,63)(H,57,69)(H,58,70)(H,59,71)(H,60,72)(H,66,67)(H,75,76)/t32-,36+,37+,38+,39+,40+,41+,42+/m1/s1. The Morgan fingerprint density at radius 1 is 0.684 bits per heavy atom. The summed E-state index contributed by atoms with van der Waals surface area (Å²) in [7, 11) is 0. The number of ketones is 2. The van der Waals surface area contributed by atoms with Crippen molar-refractivity contribution in [3.63, 3.8) is 0 Å². The number of nitrogens with zero attached hydrogens (tertiary/aromatic N) is 2. The number of hydrogen-bond acceptors (Lipinski definition) is 12. The fourth-order valence-electron chi connectivity index (χ4n) is 9.94. The Morgan fingerprint density at radius 2 is 1.24 bits per heavy atom. The van der Waals surface area contributed by atoms with Gasteiger partial charge in [-0.1, -0.05) is 71.6 Å². The number of rotatable bonds is 32. The lowest BCUT2D eigenvalue weighted by Gasteiger charge is -2.32. The average Bonchev–Trinajstić information content (AvgIpc) is 4.16. The van der Waals surface area contributed by atoms with Crippen LogP contribution in [-0.4, -0.2) is 151 Å². The number of carboxylic acid groups (broad SMARTS) is 2. The highest BCUT2D eigenvalue weighted by Crippen LogP contribution is 2.28. The highest BCUT2D eigenvalue weighted by molar-refractivity contribution is 6.35. The number of aliphatic carboxylic acids is 2. The van der Waals surface area contributed by atoms with E-state index in [1.165, 1.54) is 9.80 Å². The molecule has 0 unspecified atom stereocenters. The number of likely N-dealkylation sites (tertiary alicyclic amines) is 2. The van der Waals surface area contributed by atoms with Gasteiger partial charge >= 0.3 is 11.9 Å². The third-order valence-corrected chi connectivity index (χ3v) is 13.8. The van der Waals surface area contributed by atoms with Crippen molar-refractivity contribution >= 4 is 81.7 Å². The van der Waals surface area contributed by atoms with E-state index in [0.29, 0.717) is 38.5 Å². The second-order valence-electron chi connectivity index (χ2n) is 20.3. The van der Waals surface area contributed by atoms with Gasteiger partial charge in [-0.15, -0.1) is 0 Å². The molecule has 418 valence electrons. The van der Waals surface area contributed by atoms with Crippen molar-refractivity contribution in [1.29, 1.82) is 0 Å². The predicted molar refractivity (Wildman–Crippen MR) is 276 cm³/mol. The molecule has 8 atom stereocenters. The summed E-state index contributed by atoms with van der Waals surface area (Å²) in [5.41, 5.74) is 6.63. The van der Waals surface area contributed by atoms with Crippen LogP contribution in [0.4, 0.5) is 0 Å². The molecule has 23 nitrogen and oxygen atoms in total. The van der Waals surface area contributed by atoms with Crippen molar-refractivity contribution in [3.05, 3.63) is 36.0 Å². The lowest BCUT2D eigenvalue weighted by molar-refractivity contribution is -0.150. The third-order valence-electron chi connectivity index (χ3n) is 13.8. The number of hydrogen-bond donors (Lipinski definition) is 9. The largest absolute Gasteiger partial charge is 0.481 e. The van der Waals surface area contributed by atoms with Crippen molar-refractivity contribution in [2.45, 2.75) is 186 Å². The van der Waals surface area contributed by atoms with Crippen molar-refractivity contribution in [2.75, 3.05) is 13.1 Å². The van der Waals surface area contributed by atoms with Crippen LogP contribution in [-0.2, 0) is 64.0 Å². The zero-order valence-electron chi connectivity index (χ0n) is 44.3. The smallest absolute Gasteiger partial charge is 0.326 e. The van der Waals surface area contributed by atoms with E-state index in [-0.39, 0.29) is 76.8 Å². The van der Waals surface area contributed by atoms with Crippen molar-refractivity contribution in [1.82, 2.24) is 41.4 Å². The zero-order valence-corrected chi connectivity index (χ0v) is 44.3. The number of aromatic nitrogens is 1. The Kier molecular flexibility index (Phi) is 24.0. The average molecular weight is 1060 g/mol. The predicted octanol–water partition coefficient (Wildman–Crippen LogP) is 1.92. The number of primary amides is 1. The second-order valence-corrected chi connectivity index (χ2v) is 20.3. The van der Waals surface area contributed by atoms with Crippen molar-refractivity contribution < 1.29 is 67.7 Å². The van der Waals surface area contributed by atoms with Gasteiger partial charge in [0.15, 0.2) is 5.78 Å². The first-order valence-corrected chi connectivity index (χ1v) is 26.5. The van der Waals surface area contributed by atoms with Gasteiger partial charge in [-0.3, -0.25) is 52.7 Å². The summed E-state index contributed by atoms with van der Waals surface area (Å²) in [5.74, 6) is -11.2. The number of Topliss-reactive ketones (excluding diaryl/α,β-unsaturated/α-hetero) is 2. The molecule has 0 saturated carbocycles. The molecule has 76 heavy (non-hydrogen) atoms. The van der Waals surface area contributed by atoms with Crippen molar-refractivity contribution in [2.24, 2.45) is 17.6 Å². The molecule has 1 aromatic carbocycles. The van der Waals surface area contributed by atoms with Gasteiger partial charge in [0, 0.05) is 62.3 Å². The van der Waals surface area contributed by atoms with E-state index < -0.39 is 132 Å². The number of nitrogens with two attached hydrogens (primary N) is 1. The lowest BCUT2D eigenvalue weighted by Crippen LogP contribution is -2.58. The number of para-hydroxylation sites is 1. The maximum atomic E-state index is 14.7. The summed E-state index contributed by atoms with van der Waals surface area (Å²) in [4.78, 5) is 164. The van der Waals surface area contributed by atoms with Crippen molar-refractivity contribution in [3.8, 4) is 0 Å². The topological polar surface area (TPSA) is 354 Å². The Morgan fingerprint density at radius 3 is 1.80 bits per heavy atom. The molecule has 0 spiro atoms. The van der Waals surface area contributed by atoms with Crippen LogP contribution in [0.3, 0.4) is 0 Å². The summed E-state index contributed by atoms with van der Waals surface area (Å²) < 4.78 is 0. The summed E-state index contributed by atoms with van der Waals surface area (Å²) >= 11 is 0. The molecule has 3 heterocycles. The number of carboxylic acids is 2. The van der Waals surface area contributed by atoms with E-state index in [2.05, 4.69) is 31.6 Å². The van der Waals surface area contributed by atoms with Gasteiger partial charge in [0.2, 0.25) is 47.1 Å². The quantitative estimate of drug-likeness (QED) is 0.0473. The van der Waals surface area contributed by atoms with Gasteiger partial charge in [-0.05, 0) is 75.3 Å². The monoisotopic (exact) mass is 1060 g/mol. The Hall–Kier alpha value is -7.20. The molecule has 2 aliphatic heterocycles. The normalized spacial score (nSPS) is 17.7. The van der Waals surface area contributed by atoms with Crippen LogP contribution in [0.1, 0.15) is 143 Å². The number of carbonyl (C=O) groups is 12. The Labute approximate surface area is 442 Å². The zero-order chi connectivity index (χ0) is 56.2. The highest BCUT2D eigenvalue weighted by Gasteiger charge is 2.43.